The lowest BCUT2D eigenvalue weighted by molar-refractivity contribution is -0.119. The van der Waals surface area contributed by atoms with Crippen LogP contribution in [0.15, 0.2) is 36.5 Å². The molecule has 2 heterocycles. The first-order valence-corrected chi connectivity index (χ1v) is 13.4. The molecule has 1 atom stereocenters. The molecule has 0 radical (unpaired) electrons. The number of rotatable bonds is 6. The summed E-state index contributed by atoms with van der Waals surface area (Å²) >= 11 is 0. The highest BCUT2D eigenvalue weighted by atomic mass is 16.5. The summed E-state index contributed by atoms with van der Waals surface area (Å²) in [6.07, 6.45) is 12.1. The fourth-order valence-electron chi connectivity index (χ4n) is 6.10. The smallest absolute Gasteiger partial charge is 0.270 e. The van der Waals surface area contributed by atoms with Gasteiger partial charge in [0.15, 0.2) is 0 Å². The van der Waals surface area contributed by atoms with Gasteiger partial charge >= 0.3 is 0 Å². The van der Waals surface area contributed by atoms with E-state index >= 15 is 0 Å². The molecule has 1 spiro atoms. The summed E-state index contributed by atoms with van der Waals surface area (Å²) in [6, 6.07) is 7.38. The Bertz CT molecular complexity index is 1140. The van der Waals surface area contributed by atoms with Gasteiger partial charge in [-0.2, -0.15) is 5.10 Å². The standard InChI is InChI=1S/C29H38N4O3/c1-19(2)33-25(11-15-30-33)27(34)32-26(21-6-4-20(3)5-7-21)28(35)31-23-8-9-24-22(18-23)10-12-29(24)13-16-36-17-14-29/h8-12,15,18-21,26H,4-7,13-14,16-17H2,1-3H3,(H,31,35)(H,32,34)/t20-,21-,26-/m0/s1. The van der Waals surface area contributed by atoms with Gasteiger partial charge in [-0.15, -0.1) is 0 Å². The molecule has 1 saturated heterocycles. The van der Waals surface area contributed by atoms with Crippen molar-refractivity contribution in [3.63, 3.8) is 0 Å². The first-order valence-electron chi connectivity index (χ1n) is 13.4. The average molecular weight is 491 g/mol. The van der Waals surface area contributed by atoms with Crippen molar-refractivity contribution in [2.75, 3.05) is 18.5 Å². The van der Waals surface area contributed by atoms with E-state index in [4.69, 9.17) is 4.74 Å². The van der Waals surface area contributed by atoms with E-state index in [-0.39, 0.29) is 29.2 Å². The van der Waals surface area contributed by atoms with Crippen LogP contribution in [0.1, 0.15) is 87.0 Å². The van der Waals surface area contributed by atoms with Crippen LogP contribution in [-0.2, 0) is 14.9 Å². The van der Waals surface area contributed by atoms with E-state index in [2.05, 4.69) is 46.9 Å². The maximum atomic E-state index is 13.6. The second-order valence-electron chi connectivity index (χ2n) is 11.1. The Kier molecular flexibility index (Phi) is 7.02. The summed E-state index contributed by atoms with van der Waals surface area (Å²) in [7, 11) is 0. The van der Waals surface area contributed by atoms with Crippen LogP contribution in [0.2, 0.25) is 0 Å². The number of carbonyl (C=O) groups is 2. The summed E-state index contributed by atoms with van der Waals surface area (Å²) in [6.45, 7) is 7.79. The van der Waals surface area contributed by atoms with Crippen molar-refractivity contribution in [1.82, 2.24) is 15.1 Å². The van der Waals surface area contributed by atoms with Crippen molar-refractivity contribution in [2.45, 2.75) is 76.8 Å². The van der Waals surface area contributed by atoms with Gasteiger partial charge in [0.1, 0.15) is 11.7 Å². The minimum absolute atomic E-state index is 0.0574. The molecule has 1 aromatic heterocycles. The van der Waals surface area contributed by atoms with Crippen molar-refractivity contribution >= 4 is 23.6 Å². The molecule has 2 aromatic rings. The molecule has 2 fully saturated rings. The van der Waals surface area contributed by atoms with Crippen molar-refractivity contribution in [3.05, 3.63) is 53.4 Å². The minimum Gasteiger partial charge on any atom is -0.381 e. The van der Waals surface area contributed by atoms with E-state index in [0.29, 0.717) is 11.6 Å². The van der Waals surface area contributed by atoms with Crippen molar-refractivity contribution in [3.8, 4) is 0 Å². The summed E-state index contributed by atoms with van der Waals surface area (Å²) < 4.78 is 7.29. The van der Waals surface area contributed by atoms with Crippen LogP contribution in [0, 0.1) is 11.8 Å². The number of anilines is 1. The van der Waals surface area contributed by atoms with E-state index in [1.807, 2.05) is 19.9 Å². The van der Waals surface area contributed by atoms with Crippen LogP contribution in [0.4, 0.5) is 5.69 Å². The number of benzene rings is 1. The van der Waals surface area contributed by atoms with Gasteiger partial charge in [0.25, 0.3) is 5.91 Å². The number of hydrogen-bond donors (Lipinski definition) is 2. The summed E-state index contributed by atoms with van der Waals surface area (Å²) in [5.74, 6) is 0.365. The number of allylic oxidation sites excluding steroid dienone is 1. The average Bonchev–Trinajstić information content (AvgIpc) is 3.50. The number of ether oxygens (including phenoxy) is 1. The Balaban J connectivity index is 1.34. The summed E-state index contributed by atoms with van der Waals surface area (Å²) in [4.78, 5) is 26.9. The Labute approximate surface area is 213 Å². The lowest BCUT2D eigenvalue weighted by atomic mass is 9.76. The van der Waals surface area contributed by atoms with E-state index in [1.165, 1.54) is 5.56 Å². The fourth-order valence-corrected chi connectivity index (χ4v) is 6.10. The fraction of sp³-hybridized carbons (Fsp3) is 0.552. The molecular weight excluding hydrogens is 452 g/mol. The third-order valence-corrected chi connectivity index (χ3v) is 8.32. The molecule has 7 heteroatoms. The van der Waals surface area contributed by atoms with Gasteiger partial charge in [0, 0.05) is 36.6 Å². The van der Waals surface area contributed by atoms with Crippen LogP contribution in [0.3, 0.4) is 0 Å². The van der Waals surface area contributed by atoms with Gasteiger partial charge in [-0.05, 0) is 80.7 Å². The number of nitrogens with one attached hydrogen (secondary N) is 2. The van der Waals surface area contributed by atoms with Gasteiger partial charge in [-0.3, -0.25) is 14.3 Å². The van der Waals surface area contributed by atoms with E-state index < -0.39 is 6.04 Å². The summed E-state index contributed by atoms with van der Waals surface area (Å²) in [5, 5.41) is 10.5. The van der Waals surface area contributed by atoms with E-state index in [1.54, 1.807) is 16.9 Å². The van der Waals surface area contributed by atoms with Crippen LogP contribution in [0.5, 0.6) is 0 Å². The van der Waals surface area contributed by atoms with Gasteiger partial charge in [0.05, 0.1) is 0 Å². The normalized spacial score (nSPS) is 23.4. The second kappa shape index (κ2) is 10.2. The van der Waals surface area contributed by atoms with Gasteiger partial charge in [-0.25, -0.2) is 0 Å². The molecule has 0 bridgehead atoms. The molecule has 1 saturated carbocycles. The first-order chi connectivity index (χ1) is 17.4. The van der Waals surface area contributed by atoms with Crippen molar-refractivity contribution in [2.24, 2.45) is 11.8 Å². The Morgan fingerprint density at radius 2 is 1.86 bits per heavy atom. The zero-order valence-corrected chi connectivity index (χ0v) is 21.6. The predicted octanol–water partition coefficient (Wildman–Crippen LogP) is 5.10. The van der Waals surface area contributed by atoms with Crippen molar-refractivity contribution in [1.29, 1.82) is 0 Å². The Morgan fingerprint density at radius 3 is 2.58 bits per heavy atom. The zero-order chi connectivity index (χ0) is 25.3. The van der Waals surface area contributed by atoms with Crippen LogP contribution in [-0.4, -0.2) is 40.9 Å². The summed E-state index contributed by atoms with van der Waals surface area (Å²) in [5.41, 5.74) is 3.78. The SMILES string of the molecule is CC(C)n1nccc1C(=O)N[C@H](C(=O)Nc1ccc2c(c1)C=CC21CCOCC1)[C@H]1CC[C@H](C)CC1. The number of aromatic nitrogens is 2. The van der Waals surface area contributed by atoms with Crippen LogP contribution in [0.25, 0.3) is 6.08 Å². The maximum absolute atomic E-state index is 13.6. The van der Waals surface area contributed by atoms with Gasteiger partial charge in [0.2, 0.25) is 5.91 Å². The Hall–Kier alpha value is -2.93. The predicted molar refractivity (Wildman–Crippen MR) is 141 cm³/mol. The molecule has 7 nitrogen and oxygen atoms in total. The van der Waals surface area contributed by atoms with E-state index in [9.17, 15) is 9.59 Å². The third-order valence-electron chi connectivity index (χ3n) is 8.32. The minimum atomic E-state index is -0.592. The zero-order valence-electron chi connectivity index (χ0n) is 21.6. The topological polar surface area (TPSA) is 85.2 Å². The second-order valence-corrected chi connectivity index (χ2v) is 11.1. The third kappa shape index (κ3) is 4.85. The molecule has 1 aliphatic heterocycles. The van der Waals surface area contributed by atoms with Gasteiger partial charge < -0.3 is 15.4 Å². The van der Waals surface area contributed by atoms with E-state index in [0.717, 1.165) is 63.0 Å². The monoisotopic (exact) mass is 490 g/mol. The van der Waals surface area contributed by atoms with Crippen LogP contribution < -0.4 is 10.6 Å². The molecule has 3 aliphatic rings. The van der Waals surface area contributed by atoms with Crippen molar-refractivity contribution < 1.29 is 14.3 Å². The highest BCUT2D eigenvalue weighted by Crippen LogP contribution is 2.44. The lowest BCUT2D eigenvalue weighted by Gasteiger charge is -2.33. The molecule has 2 amide bonds. The molecule has 0 unspecified atom stereocenters. The number of nitrogens with zero attached hydrogens (tertiary/aromatic N) is 2. The molecule has 1 aromatic carbocycles. The van der Waals surface area contributed by atoms with Crippen LogP contribution >= 0.6 is 0 Å². The van der Waals surface area contributed by atoms with Gasteiger partial charge in [-0.1, -0.05) is 38.0 Å². The highest BCUT2D eigenvalue weighted by Gasteiger charge is 2.37. The molecule has 2 N–H and O–H groups in total. The number of fused-ring (bicyclic) bond motifs is 2. The molecule has 192 valence electrons. The largest absolute Gasteiger partial charge is 0.381 e. The number of amides is 2. The number of carbonyl (C=O) groups excluding carboxylic acids is 2. The molecule has 36 heavy (non-hydrogen) atoms. The molecule has 2 aliphatic carbocycles. The first kappa shape index (κ1) is 24.8. The molecular formula is C29H38N4O3. The maximum Gasteiger partial charge on any atom is 0.270 e. The highest BCUT2D eigenvalue weighted by molar-refractivity contribution is 6.01. The number of hydrogen-bond acceptors (Lipinski definition) is 4. The quantitative estimate of drug-likeness (QED) is 0.590. The lowest BCUT2D eigenvalue weighted by Crippen LogP contribution is -2.49. The molecule has 5 rings (SSSR count). The Morgan fingerprint density at radius 1 is 1.11 bits per heavy atom.